The summed E-state index contributed by atoms with van der Waals surface area (Å²) in [6.07, 6.45) is 0. The van der Waals surface area contributed by atoms with Gasteiger partial charge in [-0.15, -0.1) is 0 Å². The molecule has 0 aliphatic heterocycles. The fraction of sp³-hybridized carbons (Fsp3) is 0.0769. The average Bonchev–Trinajstić information content (AvgIpc) is 2.29. The van der Waals surface area contributed by atoms with Crippen LogP contribution in [0.2, 0.25) is 0 Å². The minimum atomic E-state index is -1.11. The number of carboxylic acid groups (broad SMARTS) is 1. The largest absolute Gasteiger partial charge is 0.478 e. The van der Waals surface area contributed by atoms with Crippen LogP contribution in [0.15, 0.2) is 45.6 Å². The van der Waals surface area contributed by atoms with E-state index in [4.69, 9.17) is 9.52 Å². The van der Waals surface area contributed by atoms with Crippen molar-refractivity contribution in [1.29, 1.82) is 0 Å². The SMILES string of the molecule is Cc1oc(=O)c(-c2ccccc2)cc1C(=O)O. The zero-order chi connectivity index (χ0) is 12.4. The van der Waals surface area contributed by atoms with E-state index in [-0.39, 0.29) is 16.9 Å². The maximum Gasteiger partial charge on any atom is 0.343 e. The highest BCUT2D eigenvalue weighted by molar-refractivity contribution is 5.90. The van der Waals surface area contributed by atoms with Crippen LogP contribution in [0.1, 0.15) is 16.1 Å². The molecule has 1 N–H and O–H groups in total. The van der Waals surface area contributed by atoms with Gasteiger partial charge in [-0.25, -0.2) is 9.59 Å². The van der Waals surface area contributed by atoms with Crippen LogP contribution in [0.3, 0.4) is 0 Å². The van der Waals surface area contributed by atoms with Crippen molar-refractivity contribution in [3.8, 4) is 11.1 Å². The van der Waals surface area contributed by atoms with Crippen LogP contribution in [0.25, 0.3) is 11.1 Å². The molecule has 0 saturated carbocycles. The molecule has 17 heavy (non-hydrogen) atoms. The maximum absolute atomic E-state index is 11.7. The molecule has 4 nitrogen and oxygen atoms in total. The molecule has 0 atom stereocenters. The number of rotatable bonds is 2. The van der Waals surface area contributed by atoms with E-state index in [1.165, 1.54) is 13.0 Å². The molecule has 1 aromatic carbocycles. The molecule has 2 rings (SSSR count). The summed E-state index contributed by atoms with van der Waals surface area (Å²) in [5.74, 6) is -0.995. The van der Waals surface area contributed by atoms with Gasteiger partial charge in [0.25, 0.3) is 0 Å². The topological polar surface area (TPSA) is 67.5 Å². The summed E-state index contributed by atoms with van der Waals surface area (Å²) in [6, 6.07) is 10.2. The number of aromatic carboxylic acids is 1. The van der Waals surface area contributed by atoms with E-state index in [0.717, 1.165) is 0 Å². The number of hydrogen-bond donors (Lipinski definition) is 1. The fourth-order valence-electron chi connectivity index (χ4n) is 1.59. The predicted molar refractivity (Wildman–Crippen MR) is 62.1 cm³/mol. The van der Waals surface area contributed by atoms with Crippen molar-refractivity contribution < 1.29 is 14.3 Å². The van der Waals surface area contributed by atoms with Crippen LogP contribution in [0.4, 0.5) is 0 Å². The summed E-state index contributed by atoms with van der Waals surface area (Å²) in [7, 11) is 0. The molecule has 0 spiro atoms. The average molecular weight is 230 g/mol. The first-order valence-electron chi connectivity index (χ1n) is 5.03. The van der Waals surface area contributed by atoms with E-state index in [9.17, 15) is 9.59 Å². The molecule has 2 aromatic rings. The van der Waals surface area contributed by atoms with Crippen LogP contribution in [-0.4, -0.2) is 11.1 Å². The molecule has 1 heterocycles. The maximum atomic E-state index is 11.7. The number of carbonyl (C=O) groups is 1. The molecule has 0 aliphatic carbocycles. The lowest BCUT2D eigenvalue weighted by molar-refractivity contribution is 0.0692. The predicted octanol–water partition coefficient (Wildman–Crippen LogP) is 2.31. The summed E-state index contributed by atoms with van der Waals surface area (Å²) >= 11 is 0. The molecule has 0 saturated heterocycles. The van der Waals surface area contributed by atoms with E-state index in [2.05, 4.69) is 0 Å². The molecule has 1 aromatic heterocycles. The molecule has 0 unspecified atom stereocenters. The van der Waals surface area contributed by atoms with Crippen molar-refractivity contribution in [2.45, 2.75) is 6.92 Å². The van der Waals surface area contributed by atoms with Crippen molar-refractivity contribution in [2.24, 2.45) is 0 Å². The highest BCUT2D eigenvalue weighted by Crippen LogP contribution is 2.18. The Morgan fingerprint density at radius 2 is 1.88 bits per heavy atom. The zero-order valence-corrected chi connectivity index (χ0v) is 9.14. The Bertz CT molecular complexity index is 611. The van der Waals surface area contributed by atoms with Gasteiger partial charge >= 0.3 is 11.6 Å². The number of hydrogen-bond acceptors (Lipinski definition) is 3. The minimum absolute atomic E-state index is 0.00320. The Balaban J connectivity index is 2.67. The smallest absolute Gasteiger partial charge is 0.343 e. The second-order valence-corrected chi connectivity index (χ2v) is 3.59. The van der Waals surface area contributed by atoms with Gasteiger partial charge in [0, 0.05) is 0 Å². The molecule has 0 aliphatic rings. The summed E-state index contributed by atoms with van der Waals surface area (Å²) in [4.78, 5) is 22.6. The van der Waals surface area contributed by atoms with Gasteiger partial charge in [0.15, 0.2) is 0 Å². The molecule has 0 amide bonds. The van der Waals surface area contributed by atoms with E-state index >= 15 is 0 Å². The van der Waals surface area contributed by atoms with Gasteiger partial charge in [-0.1, -0.05) is 30.3 Å². The van der Waals surface area contributed by atoms with Crippen molar-refractivity contribution in [1.82, 2.24) is 0 Å². The first kappa shape index (κ1) is 11.1. The normalized spacial score (nSPS) is 10.2. The van der Waals surface area contributed by atoms with Crippen molar-refractivity contribution in [3.63, 3.8) is 0 Å². The summed E-state index contributed by atoms with van der Waals surface area (Å²) in [6.45, 7) is 1.46. The van der Waals surface area contributed by atoms with Gasteiger partial charge in [0.1, 0.15) is 5.76 Å². The monoisotopic (exact) mass is 230 g/mol. The Morgan fingerprint density at radius 1 is 1.24 bits per heavy atom. The highest BCUT2D eigenvalue weighted by Gasteiger charge is 2.14. The van der Waals surface area contributed by atoms with Crippen molar-refractivity contribution in [3.05, 3.63) is 58.1 Å². The van der Waals surface area contributed by atoms with Gasteiger partial charge in [0.05, 0.1) is 11.1 Å². The summed E-state index contributed by atoms with van der Waals surface area (Å²) in [5, 5.41) is 8.97. The first-order valence-corrected chi connectivity index (χ1v) is 5.03. The molecule has 4 heteroatoms. The van der Waals surface area contributed by atoms with E-state index in [1.54, 1.807) is 24.3 Å². The van der Waals surface area contributed by atoms with Gasteiger partial charge in [-0.05, 0) is 18.6 Å². The quantitative estimate of drug-likeness (QED) is 0.859. The van der Waals surface area contributed by atoms with Gasteiger partial charge in [-0.2, -0.15) is 0 Å². The first-order chi connectivity index (χ1) is 8.09. The third-order valence-electron chi connectivity index (χ3n) is 2.45. The van der Waals surface area contributed by atoms with E-state index in [1.807, 2.05) is 6.07 Å². The van der Waals surface area contributed by atoms with E-state index < -0.39 is 11.6 Å². The lowest BCUT2D eigenvalue weighted by Crippen LogP contribution is -2.09. The molecule has 0 bridgehead atoms. The zero-order valence-electron chi connectivity index (χ0n) is 9.14. The van der Waals surface area contributed by atoms with Crippen LogP contribution >= 0.6 is 0 Å². The van der Waals surface area contributed by atoms with Crippen LogP contribution < -0.4 is 5.63 Å². The second-order valence-electron chi connectivity index (χ2n) is 3.59. The highest BCUT2D eigenvalue weighted by atomic mass is 16.4. The molecule has 86 valence electrons. The number of carboxylic acids is 1. The van der Waals surface area contributed by atoms with Gasteiger partial charge in [0.2, 0.25) is 0 Å². The Morgan fingerprint density at radius 3 is 2.47 bits per heavy atom. The standard InChI is InChI=1S/C13H10O4/c1-8-10(12(14)15)7-11(13(16)17-8)9-5-3-2-4-6-9/h2-7H,1H3,(H,14,15). The summed E-state index contributed by atoms with van der Waals surface area (Å²) < 4.78 is 4.92. The van der Waals surface area contributed by atoms with Crippen LogP contribution in [-0.2, 0) is 0 Å². The number of benzene rings is 1. The molecule has 0 radical (unpaired) electrons. The molecular formula is C13H10O4. The fourth-order valence-corrected chi connectivity index (χ4v) is 1.59. The molecule has 0 fully saturated rings. The third kappa shape index (κ3) is 2.10. The summed E-state index contributed by atoms with van der Waals surface area (Å²) in [5.41, 5.74) is 0.375. The lowest BCUT2D eigenvalue weighted by Gasteiger charge is -2.03. The van der Waals surface area contributed by atoms with Crippen molar-refractivity contribution in [2.75, 3.05) is 0 Å². The molecular weight excluding hydrogens is 220 g/mol. The van der Waals surface area contributed by atoms with Crippen LogP contribution in [0.5, 0.6) is 0 Å². The Kier molecular flexibility index (Phi) is 2.78. The van der Waals surface area contributed by atoms with Gasteiger partial charge < -0.3 is 9.52 Å². The van der Waals surface area contributed by atoms with Crippen molar-refractivity contribution >= 4 is 5.97 Å². The Labute approximate surface area is 97.1 Å². The van der Waals surface area contributed by atoms with Crippen LogP contribution in [0, 0.1) is 6.92 Å². The lowest BCUT2D eigenvalue weighted by atomic mass is 10.1. The Hall–Kier alpha value is -2.36. The van der Waals surface area contributed by atoms with E-state index in [0.29, 0.717) is 5.56 Å². The number of aryl methyl sites for hydroxylation is 1. The second kappa shape index (κ2) is 4.25. The third-order valence-corrected chi connectivity index (χ3v) is 2.45. The van der Waals surface area contributed by atoms with Gasteiger partial charge in [-0.3, -0.25) is 0 Å². The minimum Gasteiger partial charge on any atom is -0.478 e.